The van der Waals surface area contributed by atoms with Gasteiger partial charge in [0, 0.05) is 10.0 Å². The van der Waals surface area contributed by atoms with Crippen LogP contribution in [0.15, 0.2) is 51.8 Å². The van der Waals surface area contributed by atoms with Gasteiger partial charge in [-0.3, -0.25) is 14.5 Å². The first kappa shape index (κ1) is 19.5. The molecular weight excluding hydrogens is 430 g/mol. The van der Waals surface area contributed by atoms with Gasteiger partial charge in [-0.15, -0.1) is 0 Å². The van der Waals surface area contributed by atoms with Gasteiger partial charge in [0.1, 0.15) is 18.1 Å². The summed E-state index contributed by atoms with van der Waals surface area (Å²) in [5.41, 5.74) is 1.87. The Morgan fingerprint density at radius 1 is 1.15 bits per heavy atom. The maximum Gasteiger partial charge on any atom is 0.293 e. The zero-order chi connectivity index (χ0) is 19.4. The largest absolute Gasteiger partial charge is 0.496 e. The van der Waals surface area contributed by atoms with Gasteiger partial charge in [0.2, 0.25) is 0 Å². The number of amides is 2. The molecule has 0 aliphatic carbocycles. The van der Waals surface area contributed by atoms with Gasteiger partial charge in [-0.05, 0) is 55.1 Å². The topological polar surface area (TPSA) is 55.8 Å². The minimum absolute atomic E-state index is 0.200. The van der Waals surface area contributed by atoms with Crippen molar-refractivity contribution in [1.82, 2.24) is 4.90 Å². The summed E-state index contributed by atoms with van der Waals surface area (Å²) in [6.07, 6.45) is 1.68. The smallest absolute Gasteiger partial charge is 0.293 e. The zero-order valence-corrected chi connectivity index (χ0v) is 17.3. The SMILES string of the molecule is COc1ccc(Br)cc1/C=C1\SC(=O)N(CCOc2ccc(C)cc2)C1=O. The Morgan fingerprint density at radius 3 is 2.59 bits per heavy atom. The predicted molar refractivity (Wildman–Crippen MR) is 110 cm³/mol. The highest BCUT2D eigenvalue weighted by Crippen LogP contribution is 2.34. The number of hydrogen-bond acceptors (Lipinski definition) is 5. The summed E-state index contributed by atoms with van der Waals surface area (Å²) >= 11 is 4.33. The Hall–Kier alpha value is -2.25. The van der Waals surface area contributed by atoms with Crippen molar-refractivity contribution in [2.45, 2.75) is 6.92 Å². The van der Waals surface area contributed by atoms with Gasteiger partial charge < -0.3 is 9.47 Å². The Morgan fingerprint density at radius 2 is 1.89 bits per heavy atom. The van der Waals surface area contributed by atoms with Crippen LogP contribution in [0.25, 0.3) is 6.08 Å². The summed E-state index contributed by atoms with van der Waals surface area (Å²) < 4.78 is 11.8. The Kier molecular flexibility index (Phi) is 6.23. The summed E-state index contributed by atoms with van der Waals surface area (Å²) in [6, 6.07) is 13.1. The lowest BCUT2D eigenvalue weighted by molar-refractivity contribution is -0.123. The molecule has 1 heterocycles. The molecule has 0 radical (unpaired) electrons. The van der Waals surface area contributed by atoms with E-state index >= 15 is 0 Å². The molecule has 2 aromatic rings. The van der Waals surface area contributed by atoms with Crippen molar-refractivity contribution in [2.75, 3.05) is 20.3 Å². The molecule has 7 heteroatoms. The number of imide groups is 1. The molecule has 0 aromatic heterocycles. The molecule has 1 aliphatic rings. The van der Waals surface area contributed by atoms with Gasteiger partial charge in [-0.2, -0.15) is 0 Å². The molecule has 1 aliphatic heterocycles. The lowest BCUT2D eigenvalue weighted by Crippen LogP contribution is -2.32. The minimum Gasteiger partial charge on any atom is -0.496 e. The van der Waals surface area contributed by atoms with E-state index in [1.807, 2.05) is 43.3 Å². The molecule has 0 saturated carbocycles. The molecule has 1 fully saturated rings. The summed E-state index contributed by atoms with van der Waals surface area (Å²) in [5.74, 6) is 1.02. The second-order valence-corrected chi connectivity index (χ2v) is 7.79. The number of carbonyl (C=O) groups is 2. The lowest BCUT2D eigenvalue weighted by Gasteiger charge is -2.13. The molecule has 140 valence electrons. The monoisotopic (exact) mass is 447 g/mol. The van der Waals surface area contributed by atoms with E-state index in [1.165, 1.54) is 4.90 Å². The molecule has 0 unspecified atom stereocenters. The average Bonchev–Trinajstić information content (AvgIpc) is 2.91. The van der Waals surface area contributed by atoms with Crippen LogP contribution in [0.1, 0.15) is 11.1 Å². The van der Waals surface area contributed by atoms with Crippen LogP contribution in [0.4, 0.5) is 4.79 Å². The highest BCUT2D eigenvalue weighted by Gasteiger charge is 2.35. The molecule has 0 spiro atoms. The van der Waals surface area contributed by atoms with Crippen molar-refractivity contribution in [3.63, 3.8) is 0 Å². The Balaban J connectivity index is 1.68. The summed E-state index contributed by atoms with van der Waals surface area (Å²) in [7, 11) is 1.56. The lowest BCUT2D eigenvalue weighted by atomic mass is 10.2. The molecule has 0 atom stereocenters. The molecule has 27 heavy (non-hydrogen) atoms. The fraction of sp³-hybridized carbons (Fsp3) is 0.200. The first-order valence-electron chi connectivity index (χ1n) is 8.26. The van der Waals surface area contributed by atoms with Crippen LogP contribution in [0.3, 0.4) is 0 Å². The van der Waals surface area contributed by atoms with Crippen LogP contribution < -0.4 is 9.47 Å². The number of rotatable bonds is 6. The van der Waals surface area contributed by atoms with Crippen LogP contribution in [-0.2, 0) is 4.79 Å². The minimum atomic E-state index is -0.320. The van der Waals surface area contributed by atoms with Gasteiger partial charge in [-0.25, -0.2) is 0 Å². The first-order chi connectivity index (χ1) is 13.0. The fourth-order valence-corrected chi connectivity index (χ4v) is 3.78. The molecule has 0 N–H and O–H groups in total. The molecule has 2 amide bonds. The van der Waals surface area contributed by atoms with Gasteiger partial charge >= 0.3 is 0 Å². The predicted octanol–water partition coefficient (Wildman–Crippen LogP) is 4.88. The van der Waals surface area contributed by atoms with E-state index in [4.69, 9.17) is 9.47 Å². The highest BCUT2D eigenvalue weighted by molar-refractivity contribution is 9.10. The van der Waals surface area contributed by atoms with Crippen LogP contribution in [0.5, 0.6) is 11.5 Å². The van der Waals surface area contributed by atoms with E-state index in [1.54, 1.807) is 19.3 Å². The van der Waals surface area contributed by atoms with Crippen molar-refractivity contribution in [2.24, 2.45) is 0 Å². The van der Waals surface area contributed by atoms with E-state index in [2.05, 4.69) is 15.9 Å². The number of ether oxygens (including phenoxy) is 2. The maximum atomic E-state index is 12.6. The number of carbonyl (C=O) groups excluding carboxylic acids is 2. The van der Waals surface area contributed by atoms with Crippen molar-refractivity contribution in [1.29, 1.82) is 0 Å². The normalized spacial score (nSPS) is 15.5. The van der Waals surface area contributed by atoms with E-state index in [9.17, 15) is 9.59 Å². The number of halogens is 1. The standard InChI is InChI=1S/C20H18BrNO4S/c1-13-3-6-16(7-4-13)26-10-9-22-19(23)18(27-20(22)24)12-14-11-15(21)5-8-17(14)25-2/h3-8,11-12H,9-10H2,1-2H3/b18-12-. The van der Waals surface area contributed by atoms with Crippen LogP contribution >= 0.6 is 27.7 Å². The van der Waals surface area contributed by atoms with E-state index < -0.39 is 0 Å². The second-order valence-electron chi connectivity index (χ2n) is 5.88. The average molecular weight is 448 g/mol. The third-order valence-electron chi connectivity index (χ3n) is 3.96. The van der Waals surface area contributed by atoms with Crippen molar-refractivity contribution in [3.8, 4) is 11.5 Å². The van der Waals surface area contributed by atoms with Crippen LogP contribution in [0, 0.1) is 6.92 Å². The molecular formula is C20H18BrNO4S. The number of hydrogen-bond donors (Lipinski definition) is 0. The van der Waals surface area contributed by atoms with Crippen LogP contribution in [-0.4, -0.2) is 36.3 Å². The summed E-state index contributed by atoms with van der Waals surface area (Å²) in [5, 5.41) is -0.298. The van der Waals surface area contributed by atoms with Gasteiger partial charge in [0.05, 0.1) is 18.6 Å². The van der Waals surface area contributed by atoms with E-state index in [-0.39, 0.29) is 24.3 Å². The molecule has 5 nitrogen and oxygen atoms in total. The van der Waals surface area contributed by atoms with Crippen molar-refractivity contribution < 1.29 is 19.1 Å². The third kappa shape index (κ3) is 4.73. The van der Waals surface area contributed by atoms with Crippen LogP contribution in [0.2, 0.25) is 0 Å². The maximum absolute atomic E-state index is 12.6. The van der Waals surface area contributed by atoms with E-state index in [0.29, 0.717) is 16.4 Å². The number of methoxy groups -OCH3 is 1. The van der Waals surface area contributed by atoms with E-state index in [0.717, 1.165) is 27.4 Å². The number of nitrogens with zero attached hydrogens (tertiary/aromatic N) is 1. The molecule has 2 aromatic carbocycles. The van der Waals surface area contributed by atoms with Gasteiger partial charge in [-0.1, -0.05) is 33.6 Å². The molecule has 0 bridgehead atoms. The second kappa shape index (κ2) is 8.63. The quantitative estimate of drug-likeness (QED) is 0.590. The third-order valence-corrected chi connectivity index (χ3v) is 5.36. The molecule has 1 saturated heterocycles. The molecule has 3 rings (SSSR count). The Labute approximate surface area is 170 Å². The summed E-state index contributed by atoms with van der Waals surface area (Å²) in [6.45, 7) is 2.44. The zero-order valence-electron chi connectivity index (χ0n) is 14.9. The number of aryl methyl sites for hydroxylation is 1. The fourth-order valence-electron chi connectivity index (χ4n) is 2.54. The summed E-state index contributed by atoms with van der Waals surface area (Å²) in [4.78, 5) is 26.4. The first-order valence-corrected chi connectivity index (χ1v) is 9.87. The number of benzene rings is 2. The van der Waals surface area contributed by atoms with Crippen molar-refractivity contribution >= 4 is 44.9 Å². The number of thioether (sulfide) groups is 1. The van der Waals surface area contributed by atoms with Gasteiger partial charge in [0.25, 0.3) is 11.1 Å². The highest BCUT2D eigenvalue weighted by atomic mass is 79.9. The Bertz CT molecular complexity index is 895. The van der Waals surface area contributed by atoms with Crippen molar-refractivity contribution in [3.05, 3.63) is 63.0 Å². The van der Waals surface area contributed by atoms with Gasteiger partial charge in [0.15, 0.2) is 0 Å².